The predicted molar refractivity (Wildman–Crippen MR) is 180 cm³/mol. The van der Waals surface area contributed by atoms with Gasteiger partial charge in [-0.2, -0.15) is 0 Å². The molecular formula is C30H67ClN2O8Si2. The van der Waals surface area contributed by atoms with E-state index in [0.29, 0.717) is 0 Å². The normalized spacial score (nSPS) is 16.3. The van der Waals surface area contributed by atoms with Crippen LogP contribution in [-0.4, -0.2) is 130 Å². The topological polar surface area (TPSA) is 89.1 Å². The molecule has 43 heavy (non-hydrogen) atoms. The molecule has 0 unspecified atom stereocenters. The summed E-state index contributed by atoms with van der Waals surface area (Å²) in [6.45, 7) is 9.10. The molecule has 2 fully saturated rings. The van der Waals surface area contributed by atoms with Gasteiger partial charge >= 0.3 is 17.6 Å². The van der Waals surface area contributed by atoms with Crippen molar-refractivity contribution in [2.24, 2.45) is 0 Å². The summed E-state index contributed by atoms with van der Waals surface area (Å²) in [4.78, 5) is 2.51. The van der Waals surface area contributed by atoms with Crippen LogP contribution < -0.4 is 5.32 Å². The molecule has 1 N–H and O–H groups in total. The molecule has 13 heteroatoms. The lowest BCUT2D eigenvalue weighted by molar-refractivity contribution is 0.0371. The van der Waals surface area contributed by atoms with Crippen molar-refractivity contribution >= 4 is 29.2 Å². The van der Waals surface area contributed by atoms with Gasteiger partial charge < -0.3 is 41.3 Å². The van der Waals surface area contributed by atoms with Crippen LogP contribution in [0.25, 0.3) is 0 Å². The third kappa shape index (κ3) is 23.3. The van der Waals surface area contributed by atoms with Gasteiger partial charge in [-0.25, -0.2) is 0 Å². The van der Waals surface area contributed by atoms with Gasteiger partial charge in [0.15, 0.2) is 0 Å². The summed E-state index contributed by atoms with van der Waals surface area (Å²) in [5.41, 5.74) is 0. The molecule has 2 aliphatic rings. The number of hydrogen-bond acceptors (Lipinski definition) is 10. The SMILES string of the molecule is C1COCCN1.CO[Si](CCCCCCCCCl)(OC)OC.CO[Si](CCCCCCCCN1CCOCC1)(OC)OC. The Morgan fingerprint density at radius 3 is 1.26 bits per heavy atom. The lowest BCUT2D eigenvalue weighted by atomic mass is 10.1. The van der Waals surface area contributed by atoms with Gasteiger partial charge in [-0.15, -0.1) is 11.6 Å². The number of nitrogens with zero attached hydrogens (tertiary/aromatic N) is 1. The van der Waals surface area contributed by atoms with Crippen molar-refractivity contribution in [3.63, 3.8) is 0 Å². The summed E-state index contributed by atoms with van der Waals surface area (Å²) < 4.78 is 42.7. The lowest BCUT2D eigenvalue weighted by Crippen LogP contribution is -2.42. The Bertz CT molecular complexity index is 544. The Balaban J connectivity index is 0.000000702. The zero-order chi connectivity index (χ0) is 31.9. The molecule has 0 bridgehead atoms. The van der Waals surface area contributed by atoms with Crippen molar-refractivity contribution in [3.05, 3.63) is 0 Å². The first-order valence-corrected chi connectivity index (χ1v) is 20.9. The average molecular weight is 675 g/mol. The van der Waals surface area contributed by atoms with Crippen molar-refractivity contribution in [1.29, 1.82) is 0 Å². The number of morpholine rings is 2. The van der Waals surface area contributed by atoms with E-state index in [1.54, 1.807) is 42.7 Å². The summed E-state index contributed by atoms with van der Waals surface area (Å²) in [5.74, 6) is 0.785. The first kappa shape index (κ1) is 43.3. The van der Waals surface area contributed by atoms with Crippen molar-refractivity contribution in [2.75, 3.05) is 108 Å². The molecule has 10 nitrogen and oxygen atoms in total. The molecule has 0 saturated carbocycles. The van der Waals surface area contributed by atoms with Crippen LogP contribution in [-0.2, 0) is 36.0 Å². The van der Waals surface area contributed by atoms with Gasteiger partial charge in [0.1, 0.15) is 0 Å². The Kier molecular flexibility index (Phi) is 31.2. The van der Waals surface area contributed by atoms with Crippen molar-refractivity contribution in [2.45, 2.75) is 89.1 Å². The van der Waals surface area contributed by atoms with Gasteiger partial charge in [-0.1, -0.05) is 51.4 Å². The maximum absolute atomic E-state index is 5.61. The van der Waals surface area contributed by atoms with E-state index in [1.807, 2.05) is 0 Å². The molecule has 0 aromatic carbocycles. The molecule has 0 aliphatic carbocycles. The highest BCUT2D eigenvalue weighted by atomic mass is 35.5. The van der Waals surface area contributed by atoms with Crippen LogP contribution in [0.2, 0.25) is 12.1 Å². The minimum Gasteiger partial charge on any atom is -0.379 e. The fraction of sp³-hybridized carbons (Fsp3) is 1.00. The number of ether oxygens (including phenoxy) is 2. The number of unbranched alkanes of at least 4 members (excludes halogenated alkanes) is 10. The van der Waals surface area contributed by atoms with Crippen LogP contribution in [0, 0.1) is 0 Å². The van der Waals surface area contributed by atoms with E-state index in [1.165, 1.54) is 64.3 Å². The minimum absolute atomic E-state index is 0.785. The first-order valence-electron chi connectivity index (χ1n) is 16.5. The number of halogens is 1. The second-order valence-corrected chi connectivity index (χ2v) is 17.4. The van der Waals surface area contributed by atoms with E-state index in [4.69, 9.17) is 47.6 Å². The van der Waals surface area contributed by atoms with E-state index >= 15 is 0 Å². The second-order valence-electron chi connectivity index (χ2n) is 10.8. The Morgan fingerprint density at radius 2 is 0.907 bits per heavy atom. The highest BCUT2D eigenvalue weighted by Gasteiger charge is 2.37. The van der Waals surface area contributed by atoms with Gasteiger partial charge in [-0.3, -0.25) is 4.90 Å². The number of rotatable bonds is 23. The number of hydrogen-bond donors (Lipinski definition) is 1. The fourth-order valence-corrected chi connectivity index (χ4v) is 8.76. The maximum atomic E-state index is 5.61. The molecule has 2 aliphatic heterocycles. The summed E-state index contributed by atoms with van der Waals surface area (Å²) in [6, 6.07) is 1.83. The minimum atomic E-state index is -2.33. The van der Waals surface area contributed by atoms with Gasteiger partial charge in [0.25, 0.3) is 0 Å². The molecule has 260 valence electrons. The van der Waals surface area contributed by atoms with Gasteiger partial charge in [-0.05, 0) is 32.2 Å². The van der Waals surface area contributed by atoms with E-state index in [0.717, 1.165) is 89.8 Å². The van der Waals surface area contributed by atoms with E-state index < -0.39 is 17.6 Å². The molecule has 0 atom stereocenters. The van der Waals surface area contributed by atoms with Gasteiger partial charge in [0.2, 0.25) is 0 Å². The van der Waals surface area contributed by atoms with Crippen LogP contribution in [0.4, 0.5) is 0 Å². The van der Waals surface area contributed by atoms with E-state index in [9.17, 15) is 0 Å². The largest absolute Gasteiger partial charge is 0.500 e. The van der Waals surface area contributed by atoms with Crippen LogP contribution in [0.3, 0.4) is 0 Å². The first-order chi connectivity index (χ1) is 21.0. The van der Waals surface area contributed by atoms with Crippen molar-refractivity contribution < 1.29 is 36.0 Å². The molecule has 2 rings (SSSR count). The molecule has 2 heterocycles. The molecule has 0 spiro atoms. The van der Waals surface area contributed by atoms with Crippen LogP contribution in [0.1, 0.15) is 77.0 Å². The zero-order valence-electron chi connectivity index (χ0n) is 28.6. The van der Waals surface area contributed by atoms with Crippen molar-refractivity contribution in [1.82, 2.24) is 10.2 Å². The fourth-order valence-electron chi connectivity index (χ4n) is 4.98. The zero-order valence-corrected chi connectivity index (χ0v) is 31.3. The number of alkyl halides is 1. The van der Waals surface area contributed by atoms with Gasteiger partial charge in [0.05, 0.1) is 26.4 Å². The third-order valence-corrected chi connectivity index (χ3v) is 13.8. The highest BCUT2D eigenvalue weighted by Crippen LogP contribution is 2.19. The third-order valence-electron chi connectivity index (χ3n) is 7.89. The maximum Gasteiger partial charge on any atom is 0.500 e. The molecule has 0 amide bonds. The van der Waals surface area contributed by atoms with Gasteiger partial charge in [0, 0.05) is 86.8 Å². The second kappa shape index (κ2) is 31.0. The van der Waals surface area contributed by atoms with E-state index in [2.05, 4.69) is 10.2 Å². The molecule has 2 saturated heterocycles. The summed E-state index contributed by atoms with van der Waals surface area (Å²) in [7, 11) is 5.41. The smallest absolute Gasteiger partial charge is 0.379 e. The molecule has 0 radical (unpaired) electrons. The highest BCUT2D eigenvalue weighted by molar-refractivity contribution is 6.60. The lowest BCUT2D eigenvalue weighted by Gasteiger charge is -2.26. The average Bonchev–Trinajstić information content (AvgIpc) is 3.08. The quantitative estimate of drug-likeness (QED) is 0.0841. The van der Waals surface area contributed by atoms with Crippen LogP contribution in [0.5, 0.6) is 0 Å². The predicted octanol–water partition coefficient (Wildman–Crippen LogP) is 5.59. The number of nitrogens with one attached hydrogen (secondary N) is 1. The molecule has 0 aromatic heterocycles. The monoisotopic (exact) mass is 674 g/mol. The van der Waals surface area contributed by atoms with Crippen LogP contribution >= 0.6 is 11.6 Å². The summed E-state index contributed by atoms with van der Waals surface area (Å²) in [5, 5.41) is 3.16. The molecular weight excluding hydrogens is 608 g/mol. The summed E-state index contributed by atoms with van der Waals surface area (Å²) >= 11 is 5.61. The van der Waals surface area contributed by atoms with Crippen molar-refractivity contribution in [3.8, 4) is 0 Å². The summed E-state index contributed by atoms with van der Waals surface area (Å²) in [6.07, 6.45) is 14.9. The Morgan fingerprint density at radius 1 is 0.535 bits per heavy atom. The Labute approximate surface area is 271 Å². The standard InChI is InChI=1S/C15H33NO4Si.C11H25ClO3Si.C4H9NO/c1-17-21(18-2,19-3)15-9-7-5-4-6-8-10-16-11-13-20-14-12-16;1-13-16(14-2,15-3)11-9-7-5-4-6-8-10-12;1-3-6-4-2-5-1/h4-15H2,1-3H3;4-11H2,1-3H3;5H,1-4H2. The Hall–Kier alpha value is 0.324. The molecule has 0 aromatic rings. The van der Waals surface area contributed by atoms with Crippen LogP contribution in [0.15, 0.2) is 0 Å². The van der Waals surface area contributed by atoms with E-state index in [-0.39, 0.29) is 0 Å².